The molecule has 0 aliphatic rings. The number of hydrogen-bond acceptors (Lipinski definition) is 2. The summed E-state index contributed by atoms with van der Waals surface area (Å²) in [5.41, 5.74) is 14.1. The van der Waals surface area contributed by atoms with Crippen molar-refractivity contribution >= 4 is 50.2 Å². The van der Waals surface area contributed by atoms with Gasteiger partial charge in [-0.05, 0) is 128 Å². The Morgan fingerprint density at radius 1 is 0.577 bits per heavy atom. The first kappa shape index (κ1) is 33.7. The minimum absolute atomic E-state index is 0.450. The highest BCUT2D eigenvalue weighted by atomic mass is 32.1. The number of aryl methyl sites for hydroxylation is 3. The lowest BCUT2D eigenvalue weighted by Crippen LogP contribution is -2.10. The van der Waals surface area contributed by atoms with E-state index in [9.17, 15) is 0 Å². The third-order valence-electron chi connectivity index (χ3n) is 10.8. The van der Waals surface area contributed by atoms with Crippen LogP contribution in [-0.2, 0) is 0 Å². The molecular formula is C49H46N2S. The number of para-hydroxylation sites is 2. The zero-order valence-corrected chi connectivity index (χ0v) is 31.6. The summed E-state index contributed by atoms with van der Waals surface area (Å²) in [5.74, 6) is 0.938. The Balaban J connectivity index is 1.01. The summed E-state index contributed by atoms with van der Waals surface area (Å²) in [6.45, 7) is 11.3. The van der Waals surface area contributed by atoms with Gasteiger partial charge in [0.2, 0.25) is 0 Å². The molecule has 2 nitrogen and oxygen atoms in total. The summed E-state index contributed by atoms with van der Waals surface area (Å²) in [5, 5.41) is 3.85. The first-order chi connectivity index (χ1) is 25.4. The average Bonchev–Trinajstić information content (AvgIpc) is 3.78. The number of hydrogen-bond donors (Lipinski definition) is 0. The summed E-state index contributed by atoms with van der Waals surface area (Å²) in [7, 11) is 0. The van der Waals surface area contributed by atoms with Crippen molar-refractivity contribution in [1.82, 2.24) is 4.57 Å². The molecule has 0 saturated heterocycles. The average molecular weight is 695 g/mol. The molecule has 0 bridgehead atoms. The van der Waals surface area contributed by atoms with Crippen LogP contribution in [0, 0.1) is 20.8 Å². The zero-order valence-electron chi connectivity index (χ0n) is 30.8. The van der Waals surface area contributed by atoms with Gasteiger partial charge in [-0.15, -0.1) is 11.3 Å². The first-order valence-electron chi connectivity index (χ1n) is 18.6. The Labute approximate surface area is 312 Å². The third kappa shape index (κ3) is 6.46. The van der Waals surface area contributed by atoms with Gasteiger partial charge in [0.15, 0.2) is 0 Å². The van der Waals surface area contributed by atoms with Gasteiger partial charge in [0.1, 0.15) is 5.00 Å². The fourth-order valence-corrected chi connectivity index (χ4v) is 8.98. The molecule has 0 aliphatic heterocycles. The fourth-order valence-electron chi connectivity index (χ4n) is 7.85. The normalized spacial score (nSPS) is 12.7. The van der Waals surface area contributed by atoms with Crippen LogP contribution < -0.4 is 4.90 Å². The van der Waals surface area contributed by atoms with Gasteiger partial charge in [-0.25, -0.2) is 0 Å². The smallest absolute Gasteiger partial charge is 0.101 e. The van der Waals surface area contributed by atoms with Crippen LogP contribution in [0.4, 0.5) is 17.1 Å². The maximum Gasteiger partial charge on any atom is 0.101 e. The van der Waals surface area contributed by atoms with Gasteiger partial charge in [-0.1, -0.05) is 116 Å². The minimum atomic E-state index is 0.450. The number of fused-ring (bicyclic) bond motifs is 3. The second kappa shape index (κ2) is 14.3. The Bertz CT molecular complexity index is 2370. The number of rotatable bonds is 10. The lowest BCUT2D eigenvalue weighted by molar-refractivity contribution is 0.544. The van der Waals surface area contributed by atoms with Crippen molar-refractivity contribution in [3.63, 3.8) is 0 Å². The van der Waals surface area contributed by atoms with Crippen LogP contribution in [0.15, 0.2) is 152 Å². The van der Waals surface area contributed by atoms with Gasteiger partial charge in [-0.3, -0.25) is 0 Å². The molecule has 2 heterocycles. The first-order valence-corrected chi connectivity index (χ1v) is 19.4. The van der Waals surface area contributed by atoms with Crippen LogP contribution in [-0.4, -0.2) is 4.57 Å². The van der Waals surface area contributed by atoms with Gasteiger partial charge in [-0.2, -0.15) is 0 Å². The van der Waals surface area contributed by atoms with Crippen LogP contribution in [0.25, 0.3) is 37.2 Å². The monoisotopic (exact) mass is 694 g/mol. The van der Waals surface area contributed by atoms with Crippen LogP contribution >= 0.6 is 11.3 Å². The van der Waals surface area contributed by atoms with E-state index in [2.05, 4.69) is 196 Å². The molecule has 2 aromatic heterocycles. The summed E-state index contributed by atoms with van der Waals surface area (Å²) < 4.78 is 2.42. The molecule has 8 rings (SSSR count). The van der Waals surface area contributed by atoms with E-state index in [-0.39, 0.29) is 0 Å². The number of aromatic nitrogens is 1. The van der Waals surface area contributed by atoms with E-state index in [4.69, 9.17) is 0 Å². The molecule has 0 aliphatic carbocycles. The van der Waals surface area contributed by atoms with Crippen molar-refractivity contribution in [3.8, 4) is 15.4 Å². The van der Waals surface area contributed by atoms with E-state index in [1.165, 1.54) is 82.1 Å². The standard InChI is InChI=1S/C49H46N2S/c1-6-37(38-19-26-42(27-20-38)50(40-22-15-33(2)16-23-40)41-24-17-34(3)18-25-41)31-35(4)39-21-28-43(36(5)32-39)48-29-30-49(52-48)51-46-13-9-7-11-44(46)45-12-8-10-14-47(45)51/h7-30,32,35,37H,6,31H2,1-5H3. The van der Waals surface area contributed by atoms with Crippen molar-refractivity contribution in [2.75, 3.05) is 4.90 Å². The lowest BCUT2D eigenvalue weighted by Gasteiger charge is -2.27. The molecule has 258 valence electrons. The topological polar surface area (TPSA) is 8.17 Å². The summed E-state index contributed by atoms with van der Waals surface area (Å²) in [4.78, 5) is 3.67. The van der Waals surface area contributed by atoms with Gasteiger partial charge in [0, 0.05) is 32.7 Å². The molecule has 0 spiro atoms. The Morgan fingerprint density at radius 2 is 1.10 bits per heavy atom. The van der Waals surface area contributed by atoms with E-state index in [1.54, 1.807) is 0 Å². The molecule has 0 amide bonds. The second-order valence-corrected chi connectivity index (χ2v) is 15.5. The molecule has 6 aromatic carbocycles. The van der Waals surface area contributed by atoms with Crippen molar-refractivity contribution < 1.29 is 0 Å². The molecular weight excluding hydrogens is 649 g/mol. The summed E-state index contributed by atoms with van der Waals surface area (Å²) >= 11 is 1.87. The highest BCUT2D eigenvalue weighted by Gasteiger charge is 2.19. The van der Waals surface area contributed by atoms with Crippen LogP contribution in [0.1, 0.15) is 66.3 Å². The van der Waals surface area contributed by atoms with Crippen molar-refractivity contribution in [2.24, 2.45) is 0 Å². The zero-order chi connectivity index (χ0) is 35.8. The Hall–Kier alpha value is -5.38. The number of thiophene rings is 1. The molecule has 0 saturated carbocycles. The van der Waals surface area contributed by atoms with Crippen LogP contribution in [0.2, 0.25) is 0 Å². The quantitative estimate of drug-likeness (QED) is 0.138. The van der Waals surface area contributed by atoms with E-state index < -0.39 is 0 Å². The second-order valence-electron chi connectivity index (χ2n) is 14.4. The van der Waals surface area contributed by atoms with Gasteiger partial charge >= 0.3 is 0 Å². The van der Waals surface area contributed by atoms with E-state index in [1.807, 2.05) is 11.3 Å². The highest BCUT2D eigenvalue weighted by Crippen LogP contribution is 2.41. The molecule has 52 heavy (non-hydrogen) atoms. The molecule has 3 heteroatoms. The van der Waals surface area contributed by atoms with Crippen molar-refractivity contribution in [1.29, 1.82) is 0 Å². The molecule has 0 radical (unpaired) electrons. The predicted molar refractivity (Wildman–Crippen MR) is 225 cm³/mol. The van der Waals surface area contributed by atoms with Crippen molar-refractivity contribution in [3.05, 3.63) is 179 Å². The van der Waals surface area contributed by atoms with E-state index >= 15 is 0 Å². The molecule has 0 fully saturated rings. The SMILES string of the molecule is CCC(CC(C)c1ccc(-c2ccc(-n3c4ccccc4c4ccccc43)s2)c(C)c1)c1ccc(N(c2ccc(C)cc2)c2ccc(C)cc2)cc1. The van der Waals surface area contributed by atoms with Gasteiger partial charge < -0.3 is 9.47 Å². The number of benzene rings is 6. The largest absolute Gasteiger partial charge is 0.311 e. The Kier molecular flexibility index (Phi) is 9.30. The fraction of sp³-hybridized carbons (Fsp3) is 0.184. The maximum absolute atomic E-state index is 2.43. The molecule has 0 N–H and O–H groups in total. The highest BCUT2D eigenvalue weighted by molar-refractivity contribution is 7.18. The van der Waals surface area contributed by atoms with Gasteiger partial charge in [0.25, 0.3) is 0 Å². The lowest BCUT2D eigenvalue weighted by atomic mass is 9.84. The van der Waals surface area contributed by atoms with Crippen LogP contribution in [0.5, 0.6) is 0 Å². The van der Waals surface area contributed by atoms with Crippen molar-refractivity contribution in [2.45, 2.75) is 59.3 Å². The predicted octanol–water partition coefficient (Wildman–Crippen LogP) is 14.6. The maximum atomic E-state index is 2.43. The summed E-state index contributed by atoms with van der Waals surface area (Å²) in [6.07, 6.45) is 2.23. The molecule has 2 unspecified atom stereocenters. The molecule has 8 aromatic rings. The van der Waals surface area contributed by atoms with E-state index in [0.29, 0.717) is 11.8 Å². The van der Waals surface area contributed by atoms with E-state index in [0.717, 1.165) is 12.8 Å². The Morgan fingerprint density at radius 3 is 1.63 bits per heavy atom. The van der Waals surface area contributed by atoms with Crippen LogP contribution in [0.3, 0.4) is 0 Å². The summed E-state index contributed by atoms with van der Waals surface area (Å²) in [6, 6.07) is 56.2. The number of nitrogens with zero attached hydrogens (tertiary/aromatic N) is 2. The van der Waals surface area contributed by atoms with Gasteiger partial charge in [0.05, 0.1) is 11.0 Å². The number of anilines is 3. The molecule has 2 atom stereocenters. The third-order valence-corrected chi connectivity index (χ3v) is 11.9. The minimum Gasteiger partial charge on any atom is -0.311 e.